The molecule has 0 aromatic heterocycles. The Balaban J connectivity index is 1.42. The molecule has 0 bridgehead atoms. The number of hydrogen-bond donors (Lipinski definition) is 0. The summed E-state index contributed by atoms with van der Waals surface area (Å²) in [5.41, 5.74) is 0. The van der Waals surface area contributed by atoms with Crippen LogP contribution < -0.4 is 0 Å². The van der Waals surface area contributed by atoms with Gasteiger partial charge in [-0.05, 0) is 31.1 Å². The van der Waals surface area contributed by atoms with Crippen molar-refractivity contribution in [3.05, 3.63) is 12.2 Å². The second-order valence-electron chi connectivity index (χ2n) is 5.93. The highest BCUT2D eigenvalue weighted by atomic mass is 16.2. The maximum absolute atomic E-state index is 11.4. The van der Waals surface area contributed by atoms with E-state index in [1.54, 1.807) is 0 Å². The molecule has 1 aliphatic carbocycles. The van der Waals surface area contributed by atoms with Crippen molar-refractivity contribution in [3.63, 3.8) is 0 Å². The lowest BCUT2D eigenvalue weighted by atomic mass is 9.86. The fourth-order valence-corrected chi connectivity index (χ4v) is 3.43. The van der Waals surface area contributed by atoms with Crippen molar-refractivity contribution in [2.45, 2.75) is 25.7 Å². The normalized spacial score (nSPS) is 30.3. The van der Waals surface area contributed by atoms with Crippen molar-refractivity contribution in [2.75, 3.05) is 32.7 Å². The van der Waals surface area contributed by atoms with E-state index in [9.17, 15) is 4.79 Å². The van der Waals surface area contributed by atoms with E-state index in [1.807, 2.05) is 4.90 Å². The zero-order valence-electron chi connectivity index (χ0n) is 11.5. The third kappa shape index (κ3) is 3.01. The molecule has 0 unspecified atom stereocenters. The van der Waals surface area contributed by atoms with Crippen LogP contribution >= 0.6 is 0 Å². The average molecular weight is 258 g/mol. The van der Waals surface area contributed by atoms with Gasteiger partial charge in [0.2, 0.25) is 5.91 Å². The first kappa shape index (κ1) is 12.7. The van der Waals surface area contributed by atoms with Crippen molar-refractivity contribution in [1.29, 1.82) is 0 Å². The molecule has 2 fully saturated rings. The van der Waals surface area contributed by atoms with Gasteiger partial charge in [0.15, 0.2) is 0 Å². The molecule has 1 amide bonds. The second-order valence-corrected chi connectivity index (χ2v) is 5.93. The van der Waals surface area contributed by atoms with Crippen LogP contribution in [0, 0.1) is 23.7 Å². The summed E-state index contributed by atoms with van der Waals surface area (Å²) in [6.45, 7) is 4.79. The molecule has 2 atom stereocenters. The zero-order chi connectivity index (χ0) is 13.1. The monoisotopic (exact) mass is 258 g/mol. The van der Waals surface area contributed by atoms with Gasteiger partial charge >= 0.3 is 0 Å². The predicted molar refractivity (Wildman–Crippen MR) is 75.4 cm³/mol. The van der Waals surface area contributed by atoms with Crippen LogP contribution in [-0.2, 0) is 4.79 Å². The van der Waals surface area contributed by atoms with E-state index in [4.69, 9.17) is 0 Å². The molecule has 0 radical (unpaired) electrons. The zero-order valence-corrected chi connectivity index (χ0v) is 11.5. The predicted octanol–water partition coefficient (Wildman–Crippen LogP) is 1.51. The molecule has 2 heterocycles. The first-order valence-corrected chi connectivity index (χ1v) is 7.44. The van der Waals surface area contributed by atoms with Gasteiger partial charge in [-0.15, -0.1) is 0 Å². The summed E-state index contributed by atoms with van der Waals surface area (Å²) < 4.78 is 0. The fraction of sp³-hybridized carbons (Fsp3) is 0.688. The number of carbonyl (C=O) groups is 1. The summed E-state index contributed by atoms with van der Waals surface area (Å²) in [6.07, 6.45) is 8.87. The van der Waals surface area contributed by atoms with Crippen LogP contribution in [-0.4, -0.2) is 48.4 Å². The van der Waals surface area contributed by atoms with Crippen molar-refractivity contribution in [2.24, 2.45) is 11.8 Å². The highest BCUT2D eigenvalue weighted by Crippen LogP contribution is 2.32. The van der Waals surface area contributed by atoms with Crippen LogP contribution in [0.25, 0.3) is 0 Å². The van der Waals surface area contributed by atoms with Crippen LogP contribution in [0.1, 0.15) is 25.7 Å². The second kappa shape index (κ2) is 5.79. The van der Waals surface area contributed by atoms with Gasteiger partial charge in [0.1, 0.15) is 0 Å². The van der Waals surface area contributed by atoms with Gasteiger partial charge in [0.05, 0.1) is 13.1 Å². The van der Waals surface area contributed by atoms with E-state index in [2.05, 4.69) is 28.9 Å². The quantitative estimate of drug-likeness (QED) is 0.554. The smallest absolute Gasteiger partial charge is 0.223 e. The Kier molecular flexibility index (Phi) is 3.89. The fourth-order valence-electron chi connectivity index (χ4n) is 3.43. The first-order valence-electron chi connectivity index (χ1n) is 7.44. The third-order valence-electron chi connectivity index (χ3n) is 4.57. The third-order valence-corrected chi connectivity index (χ3v) is 4.57. The summed E-state index contributed by atoms with van der Waals surface area (Å²) in [5, 5.41) is 0. The van der Waals surface area contributed by atoms with Gasteiger partial charge in [0, 0.05) is 26.1 Å². The lowest BCUT2D eigenvalue weighted by Gasteiger charge is -2.18. The maximum Gasteiger partial charge on any atom is 0.223 e. The number of likely N-dealkylation sites (tertiary alicyclic amines) is 2. The molecular weight excluding hydrogens is 236 g/mol. The molecule has 0 aromatic carbocycles. The molecule has 0 spiro atoms. The molecule has 0 N–H and O–H groups in total. The number of fused-ring (bicyclic) bond motifs is 1. The van der Waals surface area contributed by atoms with Crippen molar-refractivity contribution in [1.82, 2.24) is 9.80 Å². The highest BCUT2D eigenvalue weighted by molar-refractivity contribution is 5.78. The average Bonchev–Trinajstić information content (AvgIpc) is 3.00. The summed E-state index contributed by atoms with van der Waals surface area (Å²) in [6, 6.07) is 0. The number of rotatable bonds is 2. The number of allylic oxidation sites excluding steroid dienone is 2. The Bertz CT molecular complexity index is 416. The van der Waals surface area contributed by atoms with Crippen LogP contribution in [0.5, 0.6) is 0 Å². The van der Waals surface area contributed by atoms with Gasteiger partial charge in [-0.3, -0.25) is 9.69 Å². The number of nitrogens with zero attached hydrogens (tertiary/aromatic N) is 2. The van der Waals surface area contributed by atoms with E-state index in [-0.39, 0.29) is 5.91 Å². The summed E-state index contributed by atoms with van der Waals surface area (Å²) in [4.78, 5) is 15.8. The van der Waals surface area contributed by atoms with Gasteiger partial charge < -0.3 is 4.90 Å². The van der Waals surface area contributed by atoms with E-state index >= 15 is 0 Å². The van der Waals surface area contributed by atoms with E-state index < -0.39 is 0 Å². The largest absolute Gasteiger partial charge is 0.332 e. The van der Waals surface area contributed by atoms with Gasteiger partial charge in [-0.1, -0.05) is 24.0 Å². The molecule has 102 valence electrons. The van der Waals surface area contributed by atoms with Crippen LogP contribution in [0.15, 0.2) is 12.2 Å². The summed E-state index contributed by atoms with van der Waals surface area (Å²) >= 11 is 0. The number of amides is 1. The van der Waals surface area contributed by atoms with E-state index in [0.717, 1.165) is 31.3 Å². The lowest BCUT2D eigenvalue weighted by Crippen LogP contribution is -2.25. The van der Waals surface area contributed by atoms with Gasteiger partial charge in [-0.25, -0.2) is 0 Å². The molecule has 3 aliphatic rings. The van der Waals surface area contributed by atoms with Crippen LogP contribution in [0.4, 0.5) is 0 Å². The van der Waals surface area contributed by atoms with Crippen molar-refractivity contribution in [3.8, 4) is 11.8 Å². The standard InChI is InChI=1S/C16H22N2O/c19-16-8-5-11-18(16)10-4-3-9-17-12-14-6-1-2-7-15(14)13-17/h1-2,14-15H,5-13H2/t14-,15-/m1/s1. The van der Waals surface area contributed by atoms with Crippen molar-refractivity contribution >= 4 is 5.91 Å². The molecule has 2 saturated heterocycles. The molecule has 3 nitrogen and oxygen atoms in total. The van der Waals surface area contributed by atoms with Crippen molar-refractivity contribution < 1.29 is 4.79 Å². The summed E-state index contributed by atoms with van der Waals surface area (Å²) in [7, 11) is 0. The maximum atomic E-state index is 11.4. The molecule has 2 aliphatic heterocycles. The molecule has 0 aromatic rings. The minimum Gasteiger partial charge on any atom is -0.332 e. The topological polar surface area (TPSA) is 23.6 Å². The molecule has 3 heteroatoms. The Morgan fingerprint density at radius 1 is 1.11 bits per heavy atom. The number of carbonyl (C=O) groups excluding carboxylic acids is 1. The van der Waals surface area contributed by atoms with E-state index in [1.165, 1.54) is 25.9 Å². The summed E-state index contributed by atoms with van der Waals surface area (Å²) in [5.74, 6) is 8.39. The van der Waals surface area contributed by atoms with Gasteiger partial charge in [0.25, 0.3) is 0 Å². The molecule has 3 rings (SSSR count). The van der Waals surface area contributed by atoms with Crippen LogP contribution in [0.3, 0.4) is 0 Å². The lowest BCUT2D eigenvalue weighted by molar-refractivity contribution is -0.127. The molecular formula is C16H22N2O. The first-order chi connectivity index (χ1) is 9.33. The van der Waals surface area contributed by atoms with Crippen LogP contribution in [0.2, 0.25) is 0 Å². The molecule has 19 heavy (non-hydrogen) atoms. The molecule has 0 saturated carbocycles. The Labute approximate surface area is 115 Å². The highest BCUT2D eigenvalue weighted by Gasteiger charge is 2.31. The van der Waals surface area contributed by atoms with E-state index in [0.29, 0.717) is 13.0 Å². The Hall–Kier alpha value is -1.27. The number of hydrogen-bond acceptors (Lipinski definition) is 2. The minimum atomic E-state index is 0.271. The minimum absolute atomic E-state index is 0.271. The Morgan fingerprint density at radius 3 is 2.42 bits per heavy atom. The Morgan fingerprint density at radius 2 is 1.79 bits per heavy atom. The SMILES string of the molecule is O=C1CCCN1CC#CCN1C[C@H]2CC=CC[C@@H]2C1. The van der Waals surface area contributed by atoms with Gasteiger partial charge in [-0.2, -0.15) is 0 Å².